The van der Waals surface area contributed by atoms with Crippen molar-refractivity contribution in [1.29, 1.82) is 0 Å². The van der Waals surface area contributed by atoms with E-state index in [1.165, 1.54) is 0 Å². The number of aliphatic hydroxyl groups is 2. The number of carboxylic acid groups (broad SMARTS) is 1. The number of hydrogen-bond donors (Lipinski definition) is 3. The highest BCUT2D eigenvalue weighted by Gasteiger charge is 2.46. The first kappa shape index (κ1) is 20.0. The monoisotopic (exact) mass is 352 g/mol. The largest absolute Gasteiger partial charge is 0.495 e. The van der Waals surface area contributed by atoms with E-state index in [0.717, 1.165) is 37.9 Å². The number of carboxylic acids is 1. The standard InChI is InChI=1S/C20H32O5/c1-2-3-4-7-14(21)10-11-16-17-12-15(8-5-6-9-20(23)24)25-19(17)13-18(16)22/h8,10-11,14,16-19,21-22H,2-7,9,12-13H2,1H3,(H,23,24)/t14-,16+,17+,18+,19+/m0/s1. The van der Waals surface area contributed by atoms with Crippen LogP contribution in [0.2, 0.25) is 0 Å². The SMILES string of the molecule is CCCCC[C@H](O)C=C[C@@H]1[C@H]2CC(=CCCCC(=O)O)O[C@@H]2C[C@H]1O. The van der Waals surface area contributed by atoms with Crippen molar-refractivity contribution in [2.45, 2.75) is 83.0 Å². The third-order valence-electron chi connectivity index (χ3n) is 5.26. The number of ether oxygens (including phenoxy) is 1. The van der Waals surface area contributed by atoms with Crippen LogP contribution in [0.4, 0.5) is 0 Å². The molecule has 1 aliphatic carbocycles. The van der Waals surface area contributed by atoms with Gasteiger partial charge in [-0.15, -0.1) is 0 Å². The molecule has 3 N–H and O–H groups in total. The smallest absolute Gasteiger partial charge is 0.303 e. The molecule has 142 valence electrons. The van der Waals surface area contributed by atoms with Gasteiger partial charge >= 0.3 is 5.97 Å². The van der Waals surface area contributed by atoms with Crippen molar-refractivity contribution in [1.82, 2.24) is 0 Å². The molecule has 2 fully saturated rings. The topological polar surface area (TPSA) is 87.0 Å². The number of allylic oxidation sites excluding steroid dienone is 2. The van der Waals surface area contributed by atoms with Crippen molar-refractivity contribution < 1.29 is 24.9 Å². The molecule has 0 radical (unpaired) electrons. The van der Waals surface area contributed by atoms with Gasteiger partial charge < -0.3 is 20.1 Å². The van der Waals surface area contributed by atoms with E-state index in [-0.39, 0.29) is 24.4 Å². The Bertz CT molecular complexity index is 484. The van der Waals surface area contributed by atoms with Crippen LogP contribution in [0.3, 0.4) is 0 Å². The summed E-state index contributed by atoms with van der Waals surface area (Å²) in [7, 11) is 0. The number of hydrogen-bond acceptors (Lipinski definition) is 4. The molecule has 5 atom stereocenters. The lowest BCUT2D eigenvalue weighted by atomic mass is 9.90. The van der Waals surface area contributed by atoms with Crippen LogP contribution in [0.15, 0.2) is 24.0 Å². The molecule has 1 saturated carbocycles. The van der Waals surface area contributed by atoms with E-state index in [2.05, 4.69) is 6.92 Å². The number of aliphatic hydroxyl groups excluding tert-OH is 2. The van der Waals surface area contributed by atoms with Crippen LogP contribution in [0.5, 0.6) is 0 Å². The van der Waals surface area contributed by atoms with Crippen molar-refractivity contribution in [2.24, 2.45) is 11.8 Å². The summed E-state index contributed by atoms with van der Waals surface area (Å²) in [5, 5.41) is 29.0. The lowest BCUT2D eigenvalue weighted by Crippen LogP contribution is -2.18. The van der Waals surface area contributed by atoms with Crippen LogP contribution in [0.1, 0.15) is 64.7 Å². The van der Waals surface area contributed by atoms with Crippen LogP contribution < -0.4 is 0 Å². The number of rotatable bonds is 10. The summed E-state index contributed by atoms with van der Waals surface area (Å²) >= 11 is 0. The van der Waals surface area contributed by atoms with Crippen LogP contribution in [0, 0.1) is 11.8 Å². The van der Waals surface area contributed by atoms with Crippen molar-refractivity contribution in [3.05, 3.63) is 24.0 Å². The zero-order chi connectivity index (χ0) is 18.2. The third kappa shape index (κ3) is 6.15. The Kier molecular flexibility index (Phi) is 7.97. The predicted molar refractivity (Wildman–Crippen MR) is 96.0 cm³/mol. The fourth-order valence-corrected chi connectivity index (χ4v) is 3.86. The highest BCUT2D eigenvalue weighted by molar-refractivity contribution is 5.66. The molecule has 0 aromatic carbocycles. The fraction of sp³-hybridized carbons (Fsp3) is 0.750. The summed E-state index contributed by atoms with van der Waals surface area (Å²) in [4.78, 5) is 10.5. The predicted octanol–water partition coefficient (Wildman–Crippen LogP) is 3.41. The molecule has 5 nitrogen and oxygen atoms in total. The van der Waals surface area contributed by atoms with Crippen LogP contribution in [0.25, 0.3) is 0 Å². The Morgan fingerprint density at radius 3 is 2.88 bits per heavy atom. The molecule has 2 aliphatic rings. The van der Waals surface area contributed by atoms with Crippen LogP contribution >= 0.6 is 0 Å². The van der Waals surface area contributed by atoms with Crippen molar-refractivity contribution in [2.75, 3.05) is 0 Å². The second kappa shape index (κ2) is 9.97. The maximum absolute atomic E-state index is 10.5. The van der Waals surface area contributed by atoms with Gasteiger partial charge in [-0.3, -0.25) is 4.79 Å². The molecule has 5 heteroatoms. The van der Waals surface area contributed by atoms with Crippen molar-refractivity contribution >= 4 is 5.97 Å². The molecule has 0 bridgehead atoms. The van der Waals surface area contributed by atoms with E-state index < -0.39 is 18.2 Å². The van der Waals surface area contributed by atoms with Gasteiger partial charge in [0.1, 0.15) is 6.10 Å². The summed E-state index contributed by atoms with van der Waals surface area (Å²) in [5.41, 5.74) is 0. The molecule has 1 heterocycles. The Labute approximate surface area is 150 Å². The van der Waals surface area contributed by atoms with Gasteiger partial charge in [-0.05, 0) is 25.3 Å². The molecule has 0 aromatic heterocycles. The first-order valence-corrected chi connectivity index (χ1v) is 9.63. The molecule has 25 heavy (non-hydrogen) atoms. The second-order valence-electron chi connectivity index (χ2n) is 7.31. The van der Waals surface area contributed by atoms with E-state index in [9.17, 15) is 15.0 Å². The molecule has 1 aliphatic heterocycles. The summed E-state index contributed by atoms with van der Waals surface area (Å²) in [6.45, 7) is 2.14. The van der Waals surface area contributed by atoms with E-state index in [0.29, 0.717) is 19.3 Å². The molecule has 1 saturated heterocycles. The molecule has 0 spiro atoms. The molecular formula is C20H32O5. The number of unbranched alkanes of at least 4 members (excludes halogenated alkanes) is 3. The lowest BCUT2D eigenvalue weighted by molar-refractivity contribution is -0.137. The first-order valence-electron chi connectivity index (χ1n) is 9.63. The minimum absolute atomic E-state index is 0.0238. The minimum Gasteiger partial charge on any atom is -0.495 e. The highest BCUT2D eigenvalue weighted by Crippen LogP contribution is 2.45. The molecular weight excluding hydrogens is 320 g/mol. The number of fused-ring (bicyclic) bond motifs is 1. The van der Waals surface area contributed by atoms with E-state index in [1.807, 2.05) is 18.2 Å². The minimum atomic E-state index is -0.770. The van der Waals surface area contributed by atoms with E-state index in [1.54, 1.807) is 0 Å². The van der Waals surface area contributed by atoms with Gasteiger partial charge in [0.05, 0.1) is 18.0 Å². The third-order valence-corrected chi connectivity index (χ3v) is 5.26. The summed E-state index contributed by atoms with van der Waals surface area (Å²) in [5.74, 6) is 0.429. The van der Waals surface area contributed by atoms with Crippen LogP contribution in [-0.4, -0.2) is 39.6 Å². The van der Waals surface area contributed by atoms with E-state index >= 15 is 0 Å². The van der Waals surface area contributed by atoms with Crippen molar-refractivity contribution in [3.8, 4) is 0 Å². The van der Waals surface area contributed by atoms with Gasteiger partial charge in [0.15, 0.2) is 0 Å². The second-order valence-corrected chi connectivity index (χ2v) is 7.31. The lowest BCUT2D eigenvalue weighted by Gasteiger charge is -2.16. The van der Waals surface area contributed by atoms with Gasteiger partial charge in [-0.1, -0.05) is 38.3 Å². The average Bonchev–Trinajstić information content (AvgIpc) is 3.06. The maximum atomic E-state index is 10.5. The van der Waals surface area contributed by atoms with Crippen LogP contribution in [-0.2, 0) is 9.53 Å². The molecule has 0 unspecified atom stereocenters. The van der Waals surface area contributed by atoms with Gasteiger partial charge in [0.25, 0.3) is 0 Å². The Balaban J connectivity index is 1.83. The van der Waals surface area contributed by atoms with Gasteiger partial charge in [-0.25, -0.2) is 0 Å². The Hall–Kier alpha value is -1.33. The maximum Gasteiger partial charge on any atom is 0.303 e. The zero-order valence-corrected chi connectivity index (χ0v) is 15.1. The number of carbonyl (C=O) groups is 1. The van der Waals surface area contributed by atoms with Crippen molar-refractivity contribution in [3.63, 3.8) is 0 Å². The summed E-state index contributed by atoms with van der Waals surface area (Å²) in [6.07, 6.45) is 12.0. The zero-order valence-electron chi connectivity index (χ0n) is 15.1. The Morgan fingerprint density at radius 2 is 2.16 bits per heavy atom. The molecule has 0 aromatic rings. The quantitative estimate of drug-likeness (QED) is 0.414. The van der Waals surface area contributed by atoms with Gasteiger partial charge in [0.2, 0.25) is 0 Å². The van der Waals surface area contributed by atoms with Gasteiger partial charge in [0, 0.05) is 31.1 Å². The fourth-order valence-electron chi connectivity index (χ4n) is 3.86. The first-order chi connectivity index (χ1) is 12.0. The highest BCUT2D eigenvalue weighted by atomic mass is 16.5. The van der Waals surface area contributed by atoms with E-state index in [4.69, 9.17) is 9.84 Å². The number of aliphatic carboxylic acids is 1. The van der Waals surface area contributed by atoms with Gasteiger partial charge in [-0.2, -0.15) is 0 Å². The normalized spacial score (nSPS) is 31.4. The summed E-state index contributed by atoms with van der Waals surface area (Å²) < 4.78 is 5.94. The Morgan fingerprint density at radius 1 is 1.36 bits per heavy atom. The summed E-state index contributed by atoms with van der Waals surface area (Å²) in [6, 6.07) is 0. The average molecular weight is 352 g/mol. The molecule has 2 rings (SSSR count). The molecule has 0 amide bonds.